The van der Waals surface area contributed by atoms with Gasteiger partial charge in [-0.2, -0.15) is 13.2 Å². The summed E-state index contributed by atoms with van der Waals surface area (Å²) in [7, 11) is 0. The van der Waals surface area contributed by atoms with Crippen LogP contribution in [-0.4, -0.2) is 17.7 Å². The number of hydrogen-bond donors (Lipinski definition) is 3. The minimum absolute atomic E-state index is 0.0180. The summed E-state index contributed by atoms with van der Waals surface area (Å²) in [5.74, 6) is -2.44. The molecular formula is C13H12F3N3O3. The highest BCUT2D eigenvalue weighted by Gasteiger charge is 2.33. The van der Waals surface area contributed by atoms with Crippen molar-refractivity contribution in [2.24, 2.45) is 5.92 Å². The predicted molar refractivity (Wildman–Crippen MR) is 69.1 cm³/mol. The lowest BCUT2D eigenvalue weighted by atomic mass is 10.0. The number of hydrazine groups is 1. The number of rotatable bonds is 4. The molecule has 22 heavy (non-hydrogen) atoms. The van der Waals surface area contributed by atoms with E-state index >= 15 is 0 Å². The Kier molecular flexibility index (Phi) is 4.34. The summed E-state index contributed by atoms with van der Waals surface area (Å²) in [4.78, 5) is 34.2. The largest absolute Gasteiger partial charge is 0.416 e. The number of benzene rings is 1. The predicted octanol–water partition coefficient (Wildman–Crippen LogP) is 1.20. The van der Waals surface area contributed by atoms with E-state index in [1.807, 2.05) is 0 Å². The van der Waals surface area contributed by atoms with E-state index in [0.717, 1.165) is 24.3 Å². The van der Waals surface area contributed by atoms with Gasteiger partial charge >= 0.3 is 6.18 Å². The monoisotopic (exact) mass is 315 g/mol. The van der Waals surface area contributed by atoms with Gasteiger partial charge < -0.3 is 5.32 Å². The lowest BCUT2D eigenvalue weighted by Crippen LogP contribution is -2.28. The minimum atomic E-state index is -4.44. The summed E-state index contributed by atoms with van der Waals surface area (Å²) in [6, 6.07) is 3.98. The lowest BCUT2D eigenvalue weighted by molar-refractivity contribution is -0.137. The number of amides is 3. The molecule has 0 saturated carbocycles. The van der Waals surface area contributed by atoms with Crippen LogP contribution in [0.25, 0.3) is 0 Å². The fourth-order valence-corrected chi connectivity index (χ4v) is 1.92. The molecule has 6 nitrogen and oxygen atoms in total. The van der Waals surface area contributed by atoms with Crippen LogP contribution in [0.2, 0.25) is 0 Å². The van der Waals surface area contributed by atoms with Crippen LogP contribution in [0.3, 0.4) is 0 Å². The highest BCUT2D eigenvalue weighted by Crippen LogP contribution is 2.29. The van der Waals surface area contributed by atoms with Crippen LogP contribution in [0, 0.1) is 5.92 Å². The van der Waals surface area contributed by atoms with Crippen molar-refractivity contribution in [1.82, 2.24) is 10.9 Å². The van der Waals surface area contributed by atoms with E-state index in [9.17, 15) is 27.6 Å². The van der Waals surface area contributed by atoms with Crippen molar-refractivity contribution in [3.63, 3.8) is 0 Å². The highest BCUT2D eigenvalue weighted by molar-refractivity contribution is 6.05. The van der Waals surface area contributed by atoms with Crippen LogP contribution >= 0.6 is 0 Å². The number of alkyl halides is 3. The van der Waals surface area contributed by atoms with E-state index in [0.29, 0.717) is 0 Å². The van der Waals surface area contributed by atoms with Gasteiger partial charge in [0, 0.05) is 12.1 Å². The van der Waals surface area contributed by atoms with Crippen molar-refractivity contribution >= 4 is 23.4 Å². The van der Waals surface area contributed by atoms with Gasteiger partial charge in [0.05, 0.1) is 5.56 Å². The molecule has 0 aliphatic carbocycles. The highest BCUT2D eigenvalue weighted by atomic mass is 19.4. The lowest BCUT2D eigenvalue weighted by Gasteiger charge is -2.09. The Bertz CT molecular complexity index is 583. The zero-order valence-corrected chi connectivity index (χ0v) is 11.2. The van der Waals surface area contributed by atoms with Gasteiger partial charge in [-0.3, -0.25) is 25.2 Å². The molecule has 1 aliphatic heterocycles. The van der Waals surface area contributed by atoms with Crippen LogP contribution in [0.5, 0.6) is 0 Å². The maximum Gasteiger partial charge on any atom is 0.416 e. The van der Waals surface area contributed by atoms with E-state index in [1.54, 1.807) is 0 Å². The van der Waals surface area contributed by atoms with Gasteiger partial charge in [0.1, 0.15) is 5.92 Å². The molecule has 0 spiro atoms. The fourth-order valence-electron chi connectivity index (χ4n) is 1.92. The number of hydrogen-bond acceptors (Lipinski definition) is 3. The van der Waals surface area contributed by atoms with Crippen molar-refractivity contribution in [2.75, 3.05) is 5.32 Å². The van der Waals surface area contributed by atoms with Gasteiger partial charge in [-0.25, -0.2) is 0 Å². The average Bonchev–Trinajstić information content (AvgIpc) is 2.75. The summed E-state index contributed by atoms with van der Waals surface area (Å²) >= 11 is 0. The van der Waals surface area contributed by atoms with E-state index in [2.05, 4.69) is 16.2 Å². The number of nitrogens with one attached hydrogen (secondary N) is 3. The molecule has 118 valence electrons. The zero-order valence-electron chi connectivity index (χ0n) is 11.2. The van der Waals surface area contributed by atoms with Crippen molar-refractivity contribution in [1.29, 1.82) is 0 Å². The molecule has 0 aromatic heterocycles. The maximum atomic E-state index is 12.4. The molecular weight excluding hydrogens is 303 g/mol. The first-order valence-corrected chi connectivity index (χ1v) is 6.34. The summed E-state index contributed by atoms with van der Waals surface area (Å²) in [6.45, 7) is 0. The molecule has 1 saturated heterocycles. The molecule has 0 bridgehead atoms. The molecule has 1 heterocycles. The number of carbonyl (C=O) groups is 3. The van der Waals surface area contributed by atoms with Crippen molar-refractivity contribution in [3.8, 4) is 0 Å². The van der Waals surface area contributed by atoms with Crippen LogP contribution < -0.4 is 16.2 Å². The third-order valence-corrected chi connectivity index (χ3v) is 3.10. The molecule has 1 aromatic carbocycles. The molecule has 3 amide bonds. The smallest absolute Gasteiger partial charge is 0.326 e. The summed E-state index contributed by atoms with van der Waals surface area (Å²) in [5, 5.41) is 2.40. The molecule has 0 radical (unpaired) electrons. The van der Waals surface area contributed by atoms with Crippen LogP contribution in [-0.2, 0) is 20.6 Å². The third-order valence-electron chi connectivity index (χ3n) is 3.10. The van der Waals surface area contributed by atoms with Gasteiger partial charge in [-0.05, 0) is 30.7 Å². The Labute approximate surface area is 123 Å². The summed E-state index contributed by atoms with van der Waals surface area (Å²) in [5.41, 5.74) is 3.66. The zero-order chi connectivity index (χ0) is 16.3. The molecule has 1 fully saturated rings. The van der Waals surface area contributed by atoms with Gasteiger partial charge in [-0.15, -0.1) is 0 Å². The second-order valence-electron chi connectivity index (χ2n) is 4.69. The van der Waals surface area contributed by atoms with E-state index in [1.165, 1.54) is 0 Å². The van der Waals surface area contributed by atoms with Crippen LogP contribution in [0.4, 0.5) is 18.9 Å². The quantitative estimate of drug-likeness (QED) is 0.730. The van der Waals surface area contributed by atoms with Gasteiger partial charge in [0.2, 0.25) is 5.91 Å². The van der Waals surface area contributed by atoms with Crippen LogP contribution in [0.15, 0.2) is 24.3 Å². The number of carbonyl (C=O) groups excluding carboxylic acids is 3. The second-order valence-corrected chi connectivity index (χ2v) is 4.69. The first-order valence-electron chi connectivity index (χ1n) is 6.34. The molecule has 0 unspecified atom stereocenters. The second kappa shape index (κ2) is 6.04. The van der Waals surface area contributed by atoms with E-state index in [-0.39, 0.29) is 18.5 Å². The van der Waals surface area contributed by atoms with E-state index in [4.69, 9.17) is 0 Å². The van der Waals surface area contributed by atoms with Crippen LogP contribution in [0.1, 0.15) is 18.4 Å². The number of anilines is 1. The van der Waals surface area contributed by atoms with E-state index < -0.39 is 35.4 Å². The van der Waals surface area contributed by atoms with Gasteiger partial charge in [0.25, 0.3) is 11.8 Å². The summed E-state index contributed by atoms with van der Waals surface area (Å²) in [6.07, 6.45) is -4.53. The SMILES string of the molecule is O=C(CCC1C(=O)NNC1=O)Nc1ccc(C(F)(F)F)cc1. The molecule has 3 N–H and O–H groups in total. The maximum absolute atomic E-state index is 12.4. The van der Waals surface area contributed by atoms with Crippen molar-refractivity contribution in [2.45, 2.75) is 19.0 Å². The molecule has 1 aliphatic rings. The Morgan fingerprint density at radius 1 is 1.09 bits per heavy atom. The standard InChI is InChI=1S/C13H12F3N3O3/c14-13(15,16)7-1-3-8(4-2-7)17-10(20)6-5-9-11(21)18-19-12(9)22/h1-4,9H,5-6H2,(H,17,20)(H,18,21)(H,19,22). The first-order chi connectivity index (χ1) is 10.3. The Morgan fingerprint density at radius 3 is 2.14 bits per heavy atom. The third kappa shape index (κ3) is 3.74. The number of halogens is 3. The average molecular weight is 315 g/mol. The molecule has 9 heteroatoms. The fraction of sp³-hybridized carbons (Fsp3) is 0.308. The normalized spacial score (nSPS) is 15.4. The minimum Gasteiger partial charge on any atom is -0.326 e. The Morgan fingerprint density at radius 2 is 1.64 bits per heavy atom. The Hall–Kier alpha value is -2.58. The van der Waals surface area contributed by atoms with Crippen molar-refractivity contribution in [3.05, 3.63) is 29.8 Å². The first kappa shape index (κ1) is 15.8. The van der Waals surface area contributed by atoms with Gasteiger partial charge in [-0.1, -0.05) is 0 Å². The topological polar surface area (TPSA) is 87.3 Å². The molecule has 2 rings (SSSR count). The van der Waals surface area contributed by atoms with Crippen molar-refractivity contribution < 1.29 is 27.6 Å². The molecule has 1 aromatic rings. The Balaban J connectivity index is 1.87. The summed E-state index contributed by atoms with van der Waals surface area (Å²) < 4.78 is 37.2. The van der Waals surface area contributed by atoms with Gasteiger partial charge in [0.15, 0.2) is 0 Å². The molecule has 0 atom stereocenters.